The molecule has 6 heteroatoms. The molecule has 1 saturated heterocycles. The predicted octanol–water partition coefficient (Wildman–Crippen LogP) is 4.34. The number of urea groups is 1. The standard InChI is InChI=1S/C17H16Cl2N2O2/c1-23-10-12-8-16(21-7-6-20-17(21)22)15(19)9-14(12)11-2-4-13(18)5-3-11/h2-5,8-9H,6-7,10H2,1H3,(H,20,22). The average molecular weight is 351 g/mol. The van der Waals surface area contributed by atoms with Crippen LogP contribution in [-0.4, -0.2) is 26.2 Å². The monoisotopic (exact) mass is 350 g/mol. The first-order valence-corrected chi connectivity index (χ1v) is 7.98. The Hall–Kier alpha value is -1.75. The first-order chi connectivity index (χ1) is 11.1. The number of halogens is 2. The van der Waals surface area contributed by atoms with Gasteiger partial charge in [0.25, 0.3) is 0 Å². The van der Waals surface area contributed by atoms with E-state index in [9.17, 15) is 4.79 Å². The van der Waals surface area contributed by atoms with E-state index in [0.717, 1.165) is 16.7 Å². The maximum Gasteiger partial charge on any atom is 0.322 e. The molecule has 1 N–H and O–H groups in total. The highest BCUT2D eigenvalue weighted by molar-refractivity contribution is 6.34. The molecule has 0 unspecified atom stereocenters. The maximum absolute atomic E-state index is 11.9. The Morgan fingerprint density at radius 3 is 2.57 bits per heavy atom. The molecule has 0 aliphatic carbocycles. The van der Waals surface area contributed by atoms with Crippen molar-refractivity contribution < 1.29 is 9.53 Å². The molecule has 120 valence electrons. The molecule has 0 saturated carbocycles. The van der Waals surface area contributed by atoms with Crippen LogP contribution in [0.25, 0.3) is 11.1 Å². The molecule has 2 aromatic carbocycles. The fourth-order valence-corrected chi connectivity index (χ4v) is 3.08. The Kier molecular flexibility index (Phi) is 4.76. The topological polar surface area (TPSA) is 41.6 Å². The number of carbonyl (C=O) groups excluding carboxylic acids is 1. The number of anilines is 1. The van der Waals surface area contributed by atoms with Crippen molar-refractivity contribution in [3.05, 3.63) is 52.0 Å². The highest BCUT2D eigenvalue weighted by Gasteiger charge is 2.24. The minimum Gasteiger partial charge on any atom is -0.380 e. The Labute approximate surface area is 144 Å². The fraction of sp³-hybridized carbons (Fsp3) is 0.235. The molecular weight excluding hydrogens is 335 g/mol. The molecule has 0 spiro atoms. The molecule has 1 fully saturated rings. The van der Waals surface area contributed by atoms with E-state index in [1.165, 1.54) is 0 Å². The summed E-state index contributed by atoms with van der Waals surface area (Å²) in [4.78, 5) is 13.5. The number of rotatable bonds is 4. The molecule has 4 nitrogen and oxygen atoms in total. The van der Waals surface area contributed by atoms with Gasteiger partial charge in [0.1, 0.15) is 0 Å². The SMILES string of the molecule is COCc1cc(N2CCNC2=O)c(Cl)cc1-c1ccc(Cl)cc1. The van der Waals surface area contributed by atoms with Crippen molar-refractivity contribution in [2.24, 2.45) is 0 Å². The van der Waals surface area contributed by atoms with Gasteiger partial charge in [-0.3, -0.25) is 4.90 Å². The zero-order valence-corrected chi connectivity index (χ0v) is 14.1. The number of carbonyl (C=O) groups is 1. The Morgan fingerprint density at radius 2 is 1.96 bits per heavy atom. The zero-order chi connectivity index (χ0) is 16.4. The van der Waals surface area contributed by atoms with Crippen molar-refractivity contribution in [3.63, 3.8) is 0 Å². The molecule has 1 heterocycles. The second-order valence-corrected chi connectivity index (χ2v) is 6.13. The highest BCUT2D eigenvalue weighted by Crippen LogP contribution is 2.36. The molecule has 0 radical (unpaired) electrons. The molecule has 1 aliphatic rings. The summed E-state index contributed by atoms with van der Waals surface area (Å²) in [7, 11) is 1.64. The van der Waals surface area contributed by atoms with E-state index in [4.69, 9.17) is 27.9 Å². The van der Waals surface area contributed by atoms with E-state index < -0.39 is 0 Å². The first-order valence-electron chi connectivity index (χ1n) is 7.23. The number of benzene rings is 2. The van der Waals surface area contributed by atoms with Gasteiger partial charge in [-0.15, -0.1) is 0 Å². The lowest BCUT2D eigenvalue weighted by atomic mass is 9.99. The number of hydrogen-bond donors (Lipinski definition) is 1. The van der Waals surface area contributed by atoms with Crippen molar-refractivity contribution >= 4 is 34.9 Å². The van der Waals surface area contributed by atoms with Crippen LogP contribution in [0.2, 0.25) is 10.0 Å². The van der Waals surface area contributed by atoms with Crippen LogP contribution in [0.4, 0.5) is 10.5 Å². The minimum atomic E-state index is -0.130. The Balaban J connectivity index is 2.08. The largest absolute Gasteiger partial charge is 0.380 e. The summed E-state index contributed by atoms with van der Waals surface area (Å²) in [6.45, 7) is 1.65. The lowest BCUT2D eigenvalue weighted by Gasteiger charge is -2.19. The smallest absolute Gasteiger partial charge is 0.322 e. The lowest BCUT2D eigenvalue weighted by Crippen LogP contribution is -2.28. The van der Waals surface area contributed by atoms with E-state index in [0.29, 0.717) is 35.4 Å². The molecule has 2 amide bonds. The molecule has 1 aliphatic heterocycles. The van der Waals surface area contributed by atoms with Gasteiger partial charge in [0, 0.05) is 25.2 Å². The molecular formula is C17H16Cl2N2O2. The number of amides is 2. The normalized spacial score (nSPS) is 14.2. The van der Waals surface area contributed by atoms with Gasteiger partial charge in [-0.2, -0.15) is 0 Å². The van der Waals surface area contributed by atoms with Gasteiger partial charge in [-0.1, -0.05) is 35.3 Å². The summed E-state index contributed by atoms with van der Waals surface area (Å²) in [5.74, 6) is 0. The van der Waals surface area contributed by atoms with Crippen molar-refractivity contribution in [3.8, 4) is 11.1 Å². The number of nitrogens with zero attached hydrogens (tertiary/aromatic N) is 1. The van der Waals surface area contributed by atoms with Crippen molar-refractivity contribution in [1.82, 2.24) is 5.32 Å². The number of hydrogen-bond acceptors (Lipinski definition) is 2. The quantitative estimate of drug-likeness (QED) is 0.891. The van der Waals surface area contributed by atoms with Crippen LogP contribution >= 0.6 is 23.2 Å². The van der Waals surface area contributed by atoms with Crippen molar-refractivity contribution in [2.45, 2.75) is 6.61 Å². The molecule has 23 heavy (non-hydrogen) atoms. The molecule has 0 bridgehead atoms. The summed E-state index contributed by atoms with van der Waals surface area (Å²) in [6, 6.07) is 11.2. The van der Waals surface area contributed by atoms with Crippen LogP contribution in [0.15, 0.2) is 36.4 Å². The summed E-state index contributed by atoms with van der Waals surface area (Å²) < 4.78 is 5.31. The van der Waals surface area contributed by atoms with E-state index >= 15 is 0 Å². The average Bonchev–Trinajstić information content (AvgIpc) is 2.96. The van der Waals surface area contributed by atoms with Gasteiger partial charge in [-0.05, 0) is 41.0 Å². The number of ether oxygens (including phenoxy) is 1. The van der Waals surface area contributed by atoms with Gasteiger partial charge in [0.15, 0.2) is 0 Å². The molecule has 0 atom stereocenters. The van der Waals surface area contributed by atoms with Crippen LogP contribution in [0.5, 0.6) is 0 Å². The van der Waals surface area contributed by atoms with E-state index in [1.807, 2.05) is 36.4 Å². The van der Waals surface area contributed by atoms with Gasteiger partial charge in [0.05, 0.1) is 17.3 Å². The Bertz CT molecular complexity index is 732. The third-order valence-corrected chi connectivity index (χ3v) is 4.33. The van der Waals surface area contributed by atoms with Gasteiger partial charge in [-0.25, -0.2) is 4.79 Å². The predicted molar refractivity (Wildman–Crippen MR) is 93.4 cm³/mol. The van der Waals surface area contributed by atoms with E-state index in [2.05, 4.69) is 5.32 Å². The minimum absolute atomic E-state index is 0.130. The van der Waals surface area contributed by atoms with Crippen molar-refractivity contribution in [1.29, 1.82) is 0 Å². The third kappa shape index (κ3) is 3.29. The molecule has 0 aromatic heterocycles. The fourth-order valence-electron chi connectivity index (χ4n) is 2.69. The van der Waals surface area contributed by atoms with Gasteiger partial charge >= 0.3 is 6.03 Å². The second kappa shape index (κ2) is 6.79. The van der Waals surface area contributed by atoms with Crippen LogP contribution < -0.4 is 10.2 Å². The highest BCUT2D eigenvalue weighted by atomic mass is 35.5. The number of methoxy groups -OCH3 is 1. The van der Waals surface area contributed by atoms with E-state index in [-0.39, 0.29) is 6.03 Å². The van der Waals surface area contributed by atoms with Crippen molar-refractivity contribution in [2.75, 3.05) is 25.1 Å². The van der Waals surface area contributed by atoms with E-state index in [1.54, 1.807) is 12.0 Å². The Morgan fingerprint density at radius 1 is 1.22 bits per heavy atom. The summed E-state index contributed by atoms with van der Waals surface area (Å²) in [5, 5.41) is 4.00. The van der Waals surface area contributed by atoms with Crippen LogP contribution in [0.1, 0.15) is 5.56 Å². The molecule has 3 rings (SSSR count). The number of nitrogens with one attached hydrogen (secondary N) is 1. The van der Waals surface area contributed by atoms with Crippen LogP contribution in [0, 0.1) is 0 Å². The first kappa shape index (κ1) is 16.1. The van der Waals surface area contributed by atoms with Crippen LogP contribution in [-0.2, 0) is 11.3 Å². The van der Waals surface area contributed by atoms with Crippen LogP contribution in [0.3, 0.4) is 0 Å². The van der Waals surface area contributed by atoms with Gasteiger partial charge in [0.2, 0.25) is 0 Å². The zero-order valence-electron chi connectivity index (χ0n) is 12.6. The lowest BCUT2D eigenvalue weighted by molar-refractivity contribution is 0.185. The summed E-state index contributed by atoms with van der Waals surface area (Å²) in [6.07, 6.45) is 0. The second-order valence-electron chi connectivity index (χ2n) is 5.28. The van der Waals surface area contributed by atoms with Gasteiger partial charge < -0.3 is 10.1 Å². The molecule has 2 aromatic rings. The maximum atomic E-state index is 11.9. The summed E-state index contributed by atoms with van der Waals surface area (Å²) >= 11 is 12.4. The third-order valence-electron chi connectivity index (χ3n) is 3.78. The summed E-state index contributed by atoms with van der Waals surface area (Å²) in [5.41, 5.74) is 3.64.